The molecule has 3 rings (SSSR count). The van der Waals surface area contributed by atoms with Gasteiger partial charge in [0.05, 0.1) is 21.5 Å². The second-order valence-electron chi connectivity index (χ2n) is 5.79. The van der Waals surface area contributed by atoms with Gasteiger partial charge in [0.15, 0.2) is 0 Å². The fraction of sp³-hybridized carbons (Fsp3) is 0.667. The van der Waals surface area contributed by atoms with Crippen molar-refractivity contribution >= 4 is 22.2 Å². The minimum absolute atomic E-state index is 0.0128. The average Bonchev–Trinajstić information content (AvgIpc) is 3.23. The van der Waals surface area contributed by atoms with Crippen molar-refractivity contribution in [2.75, 3.05) is 13.7 Å². The van der Waals surface area contributed by atoms with E-state index in [4.69, 9.17) is 7.48 Å². The predicted octanol–water partition coefficient (Wildman–Crippen LogP) is 3.02. The summed E-state index contributed by atoms with van der Waals surface area (Å²) in [4.78, 5) is 17.8. The number of imidazole rings is 1. The monoisotopic (exact) mass is 360 g/mol. The van der Waals surface area contributed by atoms with Crippen LogP contribution in [0.3, 0.4) is 0 Å². The van der Waals surface area contributed by atoms with Gasteiger partial charge in [0.1, 0.15) is 10.7 Å². The van der Waals surface area contributed by atoms with Crippen LogP contribution in [-0.2, 0) is 22.6 Å². The van der Waals surface area contributed by atoms with Crippen LogP contribution in [0.1, 0.15) is 51.7 Å². The first-order chi connectivity index (χ1) is 12.3. The van der Waals surface area contributed by atoms with E-state index in [1.54, 1.807) is 4.90 Å². The number of likely N-dealkylation sites (tertiary alicyclic amines) is 1. The number of hydrogen-bond donors (Lipinski definition) is 0. The summed E-state index contributed by atoms with van der Waals surface area (Å²) in [6.07, 6.45) is -0.493. The van der Waals surface area contributed by atoms with Gasteiger partial charge in [0, 0.05) is 20.1 Å². The predicted molar refractivity (Wildman–Crippen MR) is 85.0 cm³/mol. The molecule has 0 bridgehead atoms. The summed E-state index contributed by atoms with van der Waals surface area (Å²) >= 11 is 0.853. The minimum Gasteiger partial charge on any atom is -0.377 e. The molecule has 2 aromatic rings. The molecule has 6 nitrogen and oxygen atoms in total. The number of methoxy groups -OCH3 is 1. The van der Waals surface area contributed by atoms with E-state index in [0.717, 1.165) is 24.2 Å². The zero-order valence-corrected chi connectivity index (χ0v) is 14.3. The maximum Gasteiger partial charge on any atom is 0.282 e. The van der Waals surface area contributed by atoms with Gasteiger partial charge in [-0.3, -0.25) is 4.79 Å². The lowest BCUT2D eigenvalue weighted by Crippen LogP contribution is -2.26. The molecule has 24 heavy (non-hydrogen) atoms. The van der Waals surface area contributed by atoms with Crippen LogP contribution in [0.25, 0.3) is 4.96 Å². The van der Waals surface area contributed by atoms with Crippen LogP contribution in [0.5, 0.6) is 0 Å². The highest BCUT2D eigenvalue weighted by Gasteiger charge is 2.32. The van der Waals surface area contributed by atoms with E-state index in [2.05, 4.69) is 10.1 Å². The number of fused-ring (bicyclic) bond motifs is 1. The molecule has 1 aliphatic heterocycles. The van der Waals surface area contributed by atoms with E-state index < -0.39 is 18.7 Å². The molecule has 0 aromatic carbocycles. The van der Waals surface area contributed by atoms with Crippen molar-refractivity contribution < 1.29 is 21.1 Å². The third-order valence-corrected chi connectivity index (χ3v) is 4.86. The molecule has 0 saturated carbocycles. The van der Waals surface area contributed by atoms with E-state index in [9.17, 15) is 13.6 Å². The van der Waals surface area contributed by atoms with E-state index in [1.165, 1.54) is 11.6 Å². The summed E-state index contributed by atoms with van der Waals surface area (Å²) in [5, 5.41) is 4.07. The zero-order valence-electron chi connectivity index (χ0n) is 15.5. The Labute approximate surface area is 145 Å². The molecular formula is C15H20F2N4O2S. The number of aromatic nitrogens is 3. The van der Waals surface area contributed by atoms with Gasteiger partial charge in [-0.2, -0.15) is 5.10 Å². The number of halogens is 2. The van der Waals surface area contributed by atoms with Crippen molar-refractivity contribution in [3.8, 4) is 0 Å². The highest BCUT2D eigenvalue weighted by Crippen LogP contribution is 2.30. The topological polar surface area (TPSA) is 59.7 Å². The molecule has 1 saturated heterocycles. The number of nitrogens with zero attached hydrogens (tertiary/aromatic N) is 4. The number of alkyl halides is 2. The number of amides is 1. The standard InChI is InChI=1S/C15H20F2N4O2S/c1-3-4-9-5-12(22)20(6-9)7-10-13(14(16)17)18-15-21(10)19-11(24-15)8-23-2/h9,14H,3-8H2,1-2H3/t9-/m1/s1/i8D2. The van der Waals surface area contributed by atoms with Crippen molar-refractivity contribution in [2.45, 2.75) is 45.7 Å². The number of ether oxygens (including phenoxy) is 1. The Kier molecular flexibility index (Phi) is 4.35. The molecule has 1 atom stereocenters. The summed E-state index contributed by atoms with van der Waals surface area (Å²) in [6, 6.07) is 0. The molecule has 3 heterocycles. The third-order valence-electron chi connectivity index (χ3n) is 4.06. The van der Waals surface area contributed by atoms with Gasteiger partial charge >= 0.3 is 0 Å². The summed E-state index contributed by atoms with van der Waals surface area (Å²) in [5.41, 5.74) is -0.296. The van der Waals surface area contributed by atoms with Crippen LogP contribution in [0.4, 0.5) is 8.78 Å². The Morgan fingerprint density at radius 3 is 3.00 bits per heavy atom. The maximum absolute atomic E-state index is 13.4. The van der Waals surface area contributed by atoms with Crippen molar-refractivity contribution in [1.29, 1.82) is 0 Å². The molecule has 2 aromatic heterocycles. The molecule has 0 unspecified atom stereocenters. The molecule has 1 aliphatic rings. The zero-order chi connectivity index (χ0) is 19.1. The van der Waals surface area contributed by atoms with Crippen LogP contribution in [0.2, 0.25) is 0 Å². The minimum atomic E-state index is -2.80. The first kappa shape index (κ1) is 14.7. The summed E-state index contributed by atoms with van der Waals surface area (Å²) in [5.74, 6) is 0.167. The van der Waals surface area contributed by atoms with Crippen molar-refractivity contribution in [3.63, 3.8) is 0 Å². The first-order valence-electron chi connectivity index (χ1n) is 8.76. The third kappa shape index (κ3) is 3.27. The second kappa shape index (κ2) is 7.10. The summed E-state index contributed by atoms with van der Waals surface area (Å²) < 4.78 is 48.3. The van der Waals surface area contributed by atoms with Gasteiger partial charge in [-0.1, -0.05) is 24.7 Å². The number of carbonyl (C=O) groups excluding carboxylic acids is 1. The van der Waals surface area contributed by atoms with Gasteiger partial charge in [-0.15, -0.1) is 0 Å². The molecular weight excluding hydrogens is 338 g/mol. The van der Waals surface area contributed by atoms with Crippen LogP contribution in [-0.4, -0.2) is 39.1 Å². The Morgan fingerprint density at radius 2 is 2.33 bits per heavy atom. The highest BCUT2D eigenvalue weighted by molar-refractivity contribution is 7.16. The first-order valence-corrected chi connectivity index (χ1v) is 8.58. The number of carbonyl (C=O) groups is 1. The van der Waals surface area contributed by atoms with E-state index in [1.807, 2.05) is 6.92 Å². The van der Waals surface area contributed by atoms with Gasteiger partial charge < -0.3 is 9.64 Å². The highest BCUT2D eigenvalue weighted by atomic mass is 32.1. The van der Waals surface area contributed by atoms with Crippen LogP contribution in [0, 0.1) is 5.92 Å². The van der Waals surface area contributed by atoms with Gasteiger partial charge in [-0.05, 0) is 12.3 Å². The molecule has 1 amide bonds. The van der Waals surface area contributed by atoms with Gasteiger partial charge in [0.2, 0.25) is 10.9 Å². The average molecular weight is 360 g/mol. The van der Waals surface area contributed by atoms with E-state index in [0.29, 0.717) is 13.0 Å². The lowest BCUT2D eigenvalue weighted by atomic mass is 10.0. The summed E-state index contributed by atoms with van der Waals surface area (Å²) in [7, 11) is 1.20. The van der Waals surface area contributed by atoms with Crippen molar-refractivity contribution in [2.24, 2.45) is 5.92 Å². The smallest absolute Gasteiger partial charge is 0.282 e. The SMILES string of the molecule is [2H]C([2H])(OC)c1nn2c(CN3C[C@H](CCC)CC3=O)c(C(F)F)nc2s1. The lowest BCUT2D eigenvalue weighted by molar-refractivity contribution is -0.128. The second-order valence-corrected chi connectivity index (χ2v) is 6.74. The maximum atomic E-state index is 13.4. The Morgan fingerprint density at radius 1 is 1.54 bits per heavy atom. The van der Waals surface area contributed by atoms with E-state index in [-0.39, 0.29) is 34.0 Å². The molecule has 9 heteroatoms. The van der Waals surface area contributed by atoms with Crippen LogP contribution >= 0.6 is 11.3 Å². The number of hydrogen-bond acceptors (Lipinski definition) is 5. The number of rotatable bonds is 7. The normalized spacial score (nSPS) is 20.3. The molecule has 0 aliphatic carbocycles. The van der Waals surface area contributed by atoms with Gasteiger partial charge in [0.25, 0.3) is 6.43 Å². The fourth-order valence-electron chi connectivity index (χ4n) is 3.05. The van der Waals surface area contributed by atoms with Crippen molar-refractivity contribution in [3.05, 3.63) is 16.4 Å². The fourth-order valence-corrected chi connectivity index (χ4v) is 3.85. The Balaban J connectivity index is 1.95. The van der Waals surface area contributed by atoms with Gasteiger partial charge in [-0.25, -0.2) is 18.3 Å². The lowest BCUT2D eigenvalue weighted by Gasteiger charge is -2.16. The molecule has 132 valence electrons. The van der Waals surface area contributed by atoms with Crippen LogP contribution < -0.4 is 0 Å². The molecule has 0 radical (unpaired) electrons. The van der Waals surface area contributed by atoms with Crippen LogP contribution in [0.15, 0.2) is 0 Å². The quantitative estimate of drug-likeness (QED) is 0.762. The van der Waals surface area contributed by atoms with Crippen molar-refractivity contribution in [1.82, 2.24) is 19.5 Å². The summed E-state index contributed by atoms with van der Waals surface area (Å²) in [6.45, 7) is 0.421. The molecule has 1 fully saturated rings. The Hall–Kier alpha value is -1.61. The molecule has 0 spiro atoms. The Bertz CT molecular complexity index is 811. The van der Waals surface area contributed by atoms with E-state index >= 15 is 0 Å². The molecule has 0 N–H and O–H groups in total. The largest absolute Gasteiger partial charge is 0.377 e.